The molecule has 0 saturated heterocycles. The molecule has 2 heterocycles. The molecule has 2 aromatic heterocycles. The van der Waals surface area contributed by atoms with Crippen molar-refractivity contribution in [3.63, 3.8) is 0 Å². The SMILES string of the molecule is CN(CCc1ccccn1)c1nc(-c2cccc(Cl)c2)nc(C(Cl)(Cl)Cl)n1. The van der Waals surface area contributed by atoms with Gasteiger partial charge in [-0.2, -0.15) is 9.97 Å². The van der Waals surface area contributed by atoms with Crippen LogP contribution in [-0.2, 0) is 10.2 Å². The quantitative estimate of drug-likeness (QED) is 0.515. The summed E-state index contributed by atoms with van der Waals surface area (Å²) < 4.78 is -1.77. The predicted molar refractivity (Wildman–Crippen MR) is 111 cm³/mol. The van der Waals surface area contributed by atoms with Gasteiger partial charge in [0, 0.05) is 42.5 Å². The molecular formula is C18H15Cl4N5. The molecule has 0 spiro atoms. The lowest BCUT2D eigenvalue weighted by Crippen LogP contribution is -2.25. The Morgan fingerprint density at radius 2 is 1.81 bits per heavy atom. The van der Waals surface area contributed by atoms with Crippen molar-refractivity contribution in [3.05, 3.63) is 65.2 Å². The fourth-order valence-electron chi connectivity index (χ4n) is 2.35. The Morgan fingerprint density at radius 3 is 2.48 bits per heavy atom. The monoisotopic (exact) mass is 441 g/mol. The molecule has 0 saturated carbocycles. The van der Waals surface area contributed by atoms with Crippen LogP contribution in [0, 0.1) is 0 Å². The molecule has 0 atom stereocenters. The van der Waals surface area contributed by atoms with E-state index < -0.39 is 3.79 Å². The fraction of sp³-hybridized carbons (Fsp3) is 0.222. The highest BCUT2D eigenvalue weighted by atomic mass is 35.6. The van der Waals surface area contributed by atoms with Crippen molar-refractivity contribution in [2.24, 2.45) is 0 Å². The van der Waals surface area contributed by atoms with E-state index in [0.29, 0.717) is 28.9 Å². The number of nitrogens with zero attached hydrogens (tertiary/aromatic N) is 5. The molecule has 9 heteroatoms. The molecule has 3 rings (SSSR count). The molecule has 0 radical (unpaired) electrons. The molecule has 0 amide bonds. The van der Waals surface area contributed by atoms with Crippen LogP contribution in [-0.4, -0.2) is 33.5 Å². The van der Waals surface area contributed by atoms with Gasteiger partial charge in [-0.05, 0) is 24.3 Å². The van der Waals surface area contributed by atoms with Crippen LogP contribution in [0.15, 0.2) is 48.7 Å². The van der Waals surface area contributed by atoms with Crippen LogP contribution in [0.5, 0.6) is 0 Å². The number of hydrogen-bond donors (Lipinski definition) is 0. The average molecular weight is 443 g/mol. The smallest absolute Gasteiger partial charge is 0.250 e. The molecule has 0 unspecified atom stereocenters. The normalized spacial score (nSPS) is 11.4. The molecule has 27 heavy (non-hydrogen) atoms. The summed E-state index contributed by atoms with van der Waals surface area (Å²) in [6.07, 6.45) is 2.48. The van der Waals surface area contributed by atoms with E-state index in [1.165, 1.54) is 0 Å². The Bertz CT molecular complexity index is 915. The van der Waals surface area contributed by atoms with Gasteiger partial charge in [0.15, 0.2) is 11.6 Å². The second-order valence-corrected chi connectivity index (χ2v) is 8.50. The number of halogens is 4. The van der Waals surface area contributed by atoms with Gasteiger partial charge >= 0.3 is 0 Å². The van der Waals surface area contributed by atoms with Crippen LogP contribution < -0.4 is 4.90 Å². The van der Waals surface area contributed by atoms with Crippen molar-refractivity contribution >= 4 is 52.4 Å². The van der Waals surface area contributed by atoms with E-state index in [1.807, 2.05) is 36.2 Å². The molecule has 0 aliphatic heterocycles. The highest BCUT2D eigenvalue weighted by Gasteiger charge is 2.29. The first-order valence-corrected chi connectivity index (χ1v) is 9.54. The van der Waals surface area contributed by atoms with E-state index in [0.717, 1.165) is 12.1 Å². The maximum atomic E-state index is 6.08. The molecule has 0 aliphatic carbocycles. The van der Waals surface area contributed by atoms with Gasteiger partial charge in [0.25, 0.3) is 0 Å². The maximum absolute atomic E-state index is 6.08. The topological polar surface area (TPSA) is 54.8 Å². The zero-order valence-corrected chi connectivity index (χ0v) is 17.3. The van der Waals surface area contributed by atoms with Crippen molar-refractivity contribution in [1.29, 1.82) is 0 Å². The van der Waals surface area contributed by atoms with Crippen molar-refractivity contribution in [3.8, 4) is 11.4 Å². The molecule has 0 bridgehead atoms. The van der Waals surface area contributed by atoms with Crippen LogP contribution >= 0.6 is 46.4 Å². The number of hydrogen-bond acceptors (Lipinski definition) is 5. The van der Waals surface area contributed by atoms with Gasteiger partial charge in [-0.15, -0.1) is 0 Å². The van der Waals surface area contributed by atoms with E-state index in [-0.39, 0.29) is 5.82 Å². The molecule has 0 fully saturated rings. The molecular weight excluding hydrogens is 428 g/mol. The first kappa shape index (κ1) is 20.1. The summed E-state index contributed by atoms with van der Waals surface area (Å²) in [4.78, 5) is 19.3. The number of likely N-dealkylation sites (N-methyl/N-ethyl adjacent to an activating group) is 1. The first-order valence-electron chi connectivity index (χ1n) is 8.03. The molecule has 3 aromatic rings. The van der Waals surface area contributed by atoms with Gasteiger partial charge in [0.1, 0.15) is 0 Å². The van der Waals surface area contributed by atoms with E-state index in [9.17, 15) is 0 Å². The lowest BCUT2D eigenvalue weighted by molar-refractivity contribution is 0.799. The third-order valence-electron chi connectivity index (χ3n) is 3.73. The lowest BCUT2D eigenvalue weighted by Gasteiger charge is -2.19. The fourth-order valence-corrected chi connectivity index (χ4v) is 2.79. The van der Waals surface area contributed by atoms with E-state index in [2.05, 4.69) is 19.9 Å². The summed E-state index contributed by atoms with van der Waals surface area (Å²) in [7, 11) is 1.86. The van der Waals surface area contributed by atoms with E-state index in [1.54, 1.807) is 24.4 Å². The highest BCUT2D eigenvalue weighted by Crippen LogP contribution is 2.37. The Balaban J connectivity index is 1.92. The van der Waals surface area contributed by atoms with Crippen LogP contribution in [0.2, 0.25) is 5.02 Å². The van der Waals surface area contributed by atoms with Gasteiger partial charge in [0.05, 0.1) is 0 Å². The van der Waals surface area contributed by atoms with Gasteiger partial charge in [-0.25, -0.2) is 4.98 Å². The van der Waals surface area contributed by atoms with Gasteiger partial charge < -0.3 is 4.90 Å². The number of anilines is 1. The third kappa shape index (κ3) is 5.42. The predicted octanol–water partition coefficient (Wildman–Crippen LogP) is 5.09. The minimum Gasteiger partial charge on any atom is -0.343 e. The van der Waals surface area contributed by atoms with Crippen molar-refractivity contribution in [2.45, 2.75) is 10.2 Å². The molecule has 0 N–H and O–H groups in total. The van der Waals surface area contributed by atoms with Gasteiger partial charge in [-0.1, -0.05) is 64.6 Å². The van der Waals surface area contributed by atoms with Gasteiger partial charge in [0.2, 0.25) is 9.74 Å². The summed E-state index contributed by atoms with van der Waals surface area (Å²) >= 11 is 24.1. The minimum atomic E-state index is -1.77. The third-order valence-corrected chi connectivity index (χ3v) is 4.47. The largest absolute Gasteiger partial charge is 0.343 e. The standard InChI is InChI=1S/C18H15Cl4N5/c1-27(10-8-14-7-2-3-9-23-14)17-25-15(12-5-4-6-13(19)11-12)24-16(26-17)18(20,21)22/h2-7,9,11H,8,10H2,1H3. The Labute approximate surface area is 177 Å². The average Bonchev–Trinajstić information content (AvgIpc) is 2.66. The van der Waals surface area contributed by atoms with E-state index >= 15 is 0 Å². The number of rotatable bonds is 5. The Hall–Kier alpha value is -1.66. The summed E-state index contributed by atoms with van der Waals surface area (Å²) in [5, 5.41) is 0.563. The second kappa shape index (κ2) is 8.57. The number of pyridine rings is 1. The van der Waals surface area contributed by atoms with Gasteiger partial charge in [-0.3, -0.25) is 4.98 Å². The summed E-state index contributed by atoms with van der Waals surface area (Å²) in [6.45, 7) is 0.634. The van der Waals surface area contributed by atoms with Crippen molar-refractivity contribution in [2.75, 3.05) is 18.5 Å². The first-order chi connectivity index (χ1) is 12.8. The molecule has 5 nitrogen and oxygen atoms in total. The molecule has 140 valence electrons. The van der Waals surface area contributed by atoms with Crippen molar-refractivity contribution in [1.82, 2.24) is 19.9 Å². The maximum Gasteiger partial charge on any atom is 0.250 e. The minimum absolute atomic E-state index is 0.0529. The van der Waals surface area contributed by atoms with Crippen molar-refractivity contribution < 1.29 is 0 Å². The lowest BCUT2D eigenvalue weighted by atomic mass is 10.2. The highest BCUT2D eigenvalue weighted by molar-refractivity contribution is 6.66. The Kier molecular flexibility index (Phi) is 6.37. The zero-order valence-electron chi connectivity index (χ0n) is 14.3. The molecule has 0 aliphatic rings. The van der Waals surface area contributed by atoms with Crippen LogP contribution in [0.1, 0.15) is 11.5 Å². The number of benzene rings is 1. The summed E-state index contributed by atoms with van der Waals surface area (Å²) in [5.41, 5.74) is 1.68. The molecule has 1 aromatic carbocycles. The Morgan fingerprint density at radius 1 is 1.00 bits per heavy atom. The summed E-state index contributed by atoms with van der Waals surface area (Å²) in [5.74, 6) is 0.836. The van der Waals surface area contributed by atoms with Crippen LogP contribution in [0.3, 0.4) is 0 Å². The number of alkyl halides is 3. The van der Waals surface area contributed by atoms with E-state index in [4.69, 9.17) is 46.4 Å². The number of aromatic nitrogens is 4. The van der Waals surface area contributed by atoms with Crippen LogP contribution in [0.4, 0.5) is 5.95 Å². The summed E-state index contributed by atoms with van der Waals surface area (Å²) in [6, 6.07) is 12.9. The zero-order chi connectivity index (χ0) is 19.4. The van der Waals surface area contributed by atoms with Crippen LogP contribution in [0.25, 0.3) is 11.4 Å². The second-order valence-electron chi connectivity index (χ2n) is 5.78.